The lowest BCUT2D eigenvalue weighted by atomic mass is 9.91. The molecule has 32 heavy (non-hydrogen) atoms. The predicted molar refractivity (Wildman–Crippen MR) is 126 cm³/mol. The molecule has 3 heteroatoms. The number of aromatic nitrogens is 1. The highest BCUT2D eigenvalue weighted by Gasteiger charge is 2.40. The quantitative estimate of drug-likeness (QED) is 0.279. The zero-order valence-electron chi connectivity index (χ0n) is 18.4. The van der Waals surface area contributed by atoms with Crippen molar-refractivity contribution in [3.05, 3.63) is 88.6 Å². The Balaban J connectivity index is 1.52. The summed E-state index contributed by atoms with van der Waals surface area (Å²) in [7, 11) is 0. The van der Waals surface area contributed by atoms with Gasteiger partial charge in [0.05, 0.1) is 5.69 Å². The number of benzene rings is 3. The Morgan fingerprint density at radius 1 is 0.906 bits per heavy atom. The van der Waals surface area contributed by atoms with Crippen LogP contribution in [0.2, 0.25) is 0 Å². The molecule has 6 rings (SSSR count). The van der Waals surface area contributed by atoms with E-state index in [1.54, 1.807) is 0 Å². The minimum atomic E-state index is -2.53. The van der Waals surface area contributed by atoms with Crippen molar-refractivity contribution >= 4 is 10.8 Å². The summed E-state index contributed by atoms with van der Waals surface area (Å²) in [6.07, 6.45) is 1.41. The molecule has 1 aromatic heterocycles. The monoisotopic (exact) mass is 425 g/mol. The van der Waals surface area contributed by atoms with Crippen LogP contribution in [0.5, 0.6) is 0 Å². The average molecular weight is 426 g/mol. The van der Waals surface area contributed by atoms with Gasteiger partial charge in [-0.1, -0.05) is 48.5 Å². The first-order valence-electron chi connectivity index (χ1n) is 11.4. The van der Waals surface area contributed by atoms with Crippen molar-refractivity contribution in [1.82, 2.24) is 4.98 Å². The molecule has 2 aliphatic carbocycles. The first-order valence-corrected chi connectivity index (χ1v) is 11.4. The molecular formula is C29H25F2N. The van der Waals surface area contributed by atoms with Gasteiger partial charge in [0.15, 0.2) is 0 Å². The van der Waals surface area contributed by atoms with Gasteiger partial charge in [0.2, 0.25) is 5.92 Å². The fourth-order valence-electron chi connectivity index (χ4n) is 5.69. The first kappa shape index (κ1) is 19.6. The van der Waals surface area contributed by atoms with E-state index in [0.717, 1.165) is 34.1 Å². The second kappa shape index (κ2) is 6.96. The zero-order valence-corrected chi connectivity index (χ0v) is 18.4. The van der Waals surface area contributed by atoms with E-state index in [9.17, 15) is 8.78 Å². The van der Waals surface area contributed by atoms with Gasteiger partial charge in [0.25, 0.3) is 0 Å². The highest BCUT2D eigenvalue weighted by Crippen LogP contribution is 2.46. The Morgan fingerprint density at radius 2 is 1.72 bits per heavy atom. The maximum Gasteiger partial charge on any atom is 0.248 e. The summed E-state index contributed by atoms with van der Waals surface area (Å²) in [6, 6.07) is 21.5. The van der Waals surface area contributed by atoms with Crippen LogP contribution in [-0.4, -0.2) is 10.9 Å². The molecule has 1 fully saturated rings. The molecule has 1 saturated carbocycles. The molecule has 160 valence electrons. The summed E-state index contributed by atoms with van der Waals surface area (Å²) < 4.78 is 27.6. The van der Waals surface area contributed by atoms with Gasteiger partial charge in [0.1, 0.15) is 0 Å². The van der Waals surface area contributed by atoms with Crippen molar-refractivity contribution in [2.24, 2.45) is 0 Å². The van der Waals surface area contributed by atoms with Gasteiger partial charge in [-0.05, 0) is 83.5 Å². The molecular weight excluding hydrogens is 400 g/mol. The van der Waals surface area contributed by atoms with E-state index < -0.39 is 5.92 Å². The average Bonchev–Trinajstić information content (AvgIpc) is 3.32. The normalized spacial score (nSPS) is 18.7. The van der Waals surface area contributed by atoms with E-state index in [1.807, 2.05) is 13.0 Å². The Labute approximate surface area is 187 Å². The summed E-state index contributed by atoms with van der Waals surface area (Å²) >= 11 is 0. The topological polar surface area (TPSA) is 12.9 Å². The van der Waals surface area contributed by atoms with Gasteiger partial charge in [-0.3, -0.25) is 4.98 Å². The molecule has 3 aromatic carbocycles. The molecule has 0 amide bonds. The third kappa shape index (κ3) is 3.14. The van der Waals surface area contributed by atoms with Crippen LogP contribution in [0.1, 0.15) is 53.1 Å². The highest BCUT2D eigenvalue weighted by atomic mass is 19.3. The second-order valence-corrected chi connectivity index (χ2v) is 9.56. The Kier molecular flexibility index (Phi) is 4.27. The SMILES string of the molecule is Cc1cc2c(c(-c3nc(C)cc4cc(C5CCC(F)(F)C5)ccc34)c1)Cc1ccccc1-2. The van der Waals surface area contributed by atoms with Gasteiger partial charge in [-0.15, -0.1) is 0 Å². The summed E-state index contributed by atoms with van der Waals surface area (Å²) in [5.74, 6) is -2.60. The number of rotatable bonds is 2. The first-order chi connectivity index (χ1) is 15.4. The van der Waals surface area contributed by atoms with Crippen LogP contribution in [0.25, 0.3) is 33.2 Å². The Bertz CT molecular complexity index is 1390. The molecule has 2 aliphatic rings. The molecule has 0 aliphatic heterocycles. The molecule has 1 unspecified atom stereocenters. The van der Waals surface area contributed by atoms with Crippen molar-refractivity contribution in [2.45, 2.75) is 51.4 Å². The van der Waals surface area contributed by atoms with Crippen molar-refractivity contribution in [3.8, 4) is 22.4 Å². The standard InChI is InChI=1S/C29H25F2N/c1-17-11-25-23-6-4-3-5-20(23)15-26(25)27(12-17)28-24-8-7-19(14-22(24)13-18(2)32-28)21-9-10-29(30,31)16-21/h3-8,11-14,21H,9-10,15-16H2,1-2H3. The minimum Gasteiger partial charge on any atom is -0.252 e. The third-order valence-corrected chi connectivity index (χ3v) is 7.18. The fraction of sp³-hybridized carbons (Fsp3) is 0.276. The molecule has 0 bridgehead atoms. The lowest BCUT2D eigenvalue weighted by molar-refractivity contribution is 0.00777. The lowest BCUT2D eigenvalue weighted by Crippen LogP contribution is -2.09. The van der Waals surface area contributed by atoms with Crippen LogP contribution >= 0.6 is 0 Å². The predicted octanol–water partition coefficient (Wildman–Crippen LogP) is 7.99. The molecule has 1 atom stereocenters. The lowest BCUT2D eigenvalue weighted by Gasteiger charge is -2.16. The van der Waals surface area contributed by atoms with Gasteiger partial charge in [-0.2, -0.15) is 0 Å². The van der Waals surface area contributed by atoms with E-state index in [1.165, 1.54) is 33.4 Å². The van der Waals surface area contributed by atoms with Gasteiger partial charge in [-0.25, -0.2) is 8.78 Å². The van der Waals surface area contributed by atoms with Crippen LogP contribution in [0, 0.1) is 13.8 Å². The number of aryl methyl sites for hydroxylation is 2. The maximum absolute atomic E-state index is 13.8. The molecule has 1 nitrogen and oxygen atoms in total. The van der Waals surface area contributed by atoms with E-state index in [-0.39, 0.29) is 18.8 Å². The van der Waals surface area contributed by atoms with Crippen molar-refractivity contribution < 1.29 is 8.78 Å². The van der Waals surface area contributed by atoms with E-state index in [2.05, 4.69) is 61.5 Å². The van der Waals surface area contributed by atoms with Gasteiger partial charge < -0.3 is 0 Å². The van der Waals surface area contributed by atoms with Crippen molar-refractivity contribution in [1.29, 1.82) is 0 Å². The van der Waals surface area contributed by atoms with Crippen LogP contribution < -0.4 is 0 Å². The maximum atomic E-state index is 13.8. The van der Waals surface area contributed by atoms with Crippen LogP contribution in [0.4, 0.5) is 8.78 Å². The van der Waals surface area contributed by atoms with E-state index >= 15 is 0 Å². The van der Waals surface area contributed by atoms with Crippen LogP contribution in [0.3, 0.4) is 0 Å². The van der Waals surface area contributed by atoms with Gasteiger partial charge >= 0.3 is 0 Å². The number of pyridine rings is 1. The number of nitrogens with zero attached hydrogens (tertiary/aromatic N) is 1. The molecule has 4 aromatic rings. The number of hydrogen-bond donors (Lipinski definition) is 0. The Morgan fingerprint density at radius 3 is 2.53 bits per heavy atom. The molecule has 0 spiro atoms. The van der Waals surface area contributed by atoms with Crippen molar-refractivity contribution in [3.63, 3.8) is 0 Å². The van der Waals surface area contributed by atoms with E-state index in [0.29, 0.717) is 6.42 Å². The summed E-state index contributed by atoms with van der Waals surface area (Å²) in [5.41, 5.74) is 10.7. The summed E-state index contributed by atoms with van der Waals surface area (Å²) in [6.45, 7) is 4.16. The molecule has 1 heterocycles. The van der Waals surface area contributed by atoms with Crippen molar-refractivity contribution in [2.75, 3.05) is 0 Å². The smallest absolute Gasteiger partial charge is 0.248 e. The van der Waals surface area contributed by atoms with Gasteiger partial charge in [0, 0.05) is 29.5 Å². The number of fused-ring (bicyclic) bond motifs is 4. The zero-order chi connectivity index (χ0) is 22.0. The molecule has 0 saturated heterocycles. The second-order valence-electron chi connectivity index (χ2n) is 9.56. The highest BCUT2D eigenvalue weighted by molar-refractivity contribution is 5.98. The van der Waals surface area contributed by atoms with E-state index in [4.69, 9.17) is 4.98 Å². The van der Waals surface area contributed by atoms with Crippen LogP contribution in [0.15, 0.2) is 60.7 Å². The fourth-order valence-corrected chi connectivity index (χ4v) is 5.69. The molecule has 0 N–H and O–H groups in total. The summed E-state index contributed by atoms with van der Waals surface area (Å²) in [5, 5.41) is 2.18. The number of halogens is 2. The largest absolute Gasteiger partial charge is 0.252 e. The number of alkyl halides is 2. The molecule has 0 radical (unpaired) electrons. The third-order valence-electron chi connectivity index (χ3n) is 7.18. The minimum absolute atomic E-state index is 0.00762. The van der Waals surface area contributed by atoms with Crippen LogP contribution in [-0.2, 0) is 6.42 Å². The Hall–Kier alpha value is -3.07. The number of hydrogen-bond acceptors (Lipinski definition) is 1. The summed E-state index contributed by atoms with van der Waals surface area (Å²) in [4.78, 5) is 4.98.